The number of rotatable bonds is 6. The lowest BCUT2D eigenvalue weighted by molar-refractivity contribution is 0.519. The molecule has 15 heavy (non-hydrogen) atoms. The van der Waals surface area contributed by atoms with Gasteiger partial charge < -0.3 is 5.32 Å². The van der Waals surface area contributed by atoms with Gasteiger partial charge in [0.05, 0.1) is 7.57 Å². The van der Waals surface area contributed by atoms with E-state index in [0.717, 1.165) is 19.4 Å². The first-order chi connectivity index (χ1) is 7.19. The van der Waals surface area contributed by atoms with Crippen molar-refractivity contribution in [2.24, 2.45) is 0 Å². The maximum atomic E-state index is 3.77. The van der Waals surface area contributed by atoms with Crippen molar-refractivity contribution in [3.05, 3.63) is 31.9 Å². The zero-order valence-corrected chi connectivity index (χ0v) is 12.7. The number of thiophene rings is 1. The molecule has 1 unspecified atom stereocenters. The molecule has 0 bridgehead atoms. The van der Waals surface area contributed by atoms with Crippen LogP contribution < -0.4 is 5.32 Å². The standard InChI is InChI=1S/C11H15Br2NS/c1-3-5-6-9(14-4-2)8-7-10(12)15-11(8)13/h3,7,9,14H,1,4-6H2,2H3. The summed E-state index contributed by atoms with van der Waals surface area (Å²) < 4.78 is 2.38. The van der Waals surface area contributed by atoms with Crippen LogP contribution in [0.15, 0.2) is 26.3 Å². The minimum Gasteiger partial charge on any atom is -0.310 e. The quantitative estimate of drug-likeness (QED) is 0.718. The third-order valence-electron chi connectivity index (χ3n) is 2.17. The zero-order valence-electron chi connectivity index (χ0n) is 8.72. The van der Waals surface area contributed by atoms with Gasteiger partial charge in [0.2, 0.25) is 0 Å². The van der Waals surface area contributed by atoms with Crippen molar-refractivity contribution in [2.45, 2.75) is 25.8 Å². The fraction of sp³-hybridized carbons (Fsp3) is 0.455. The Kier molecular flexibility index (Phi) is 6.12. The number of hydrogen-bond acceptors (Lipinski definition) is 2. The molecular formula is C11H15Br2NS. The molecule has 0 amide bonds. The minimum absolute atomic E-state index is 0.421. The number of hydrogen-bond donors (Lipinski definition) is 1. The highest BCUT2D eigenvalue weighted by atomic mass is 79.9. The Morgan fingerprint density at radius 3 is 2.80 bits per heavy atom. The molecule has 0 aliphatic heterocycles. The topological polar surface area (TPSA) is 12.0 Å². The highest BCUT2D eigenvalue weighted by Crippen LogP contribution is 2.36. The Morgan fingerprint density at radius 1 is 1.60 bits per heavy atom. The van der Waals surface area contributed by atoms with E-state index < -0.39 is 0 Å². The van der Waals surface area contributed by atoms with E-state index in [4.69, 9.17) is 0 Å². The van der Waals surface area contributed by atoms with Crippen LogP contribution in [-0.2, 0) is 0 Å². The zero-order chi connectivity index (χ0) is 11.3. The molecule has 0 spiro atoms. The molecule has 0 fully saturated rings. The second-order valence-electron chi connectivity index (χ2n) is 3.26. The van der Waals surface area contributed by atoms with Crippen molar-refractivity contribution >= 4 is 43.2 Å². The molecular weight excluding hydrogens is 338 g/mol. The second kappa shape index (κ2) is 6.84. The molecule has 0 aliphatic rings. The summed E-state index contributed by atoms with van der Waals surface area (Å²) in [7, 11) is 0. The van der Waals surface area contributed by atoms with Crippen LogP contribution in [0, 0.1) is 0 Å². The van der Waals surface area contributed by atoms with Gasteiger partial charge >= 0.3 is 0 Å². The average molecular weight is 353 g/mol. The average Bonchev–Trinajstić information content (AvgIpc) is 2.52. The van der Waals surface area contributed by atoms with Gasteiger partial charge in [-0.25, -0.2) is 0 Å². The number of allylic oxidation sites excluding steroid dienone is 1. The van der Waals surface area contributed by atoms with Gasteiger partial charge in [0.15, 0.2) is 0 Å². The van der Waals surface area contributed by atoms with Crippen LogP contribution in [0.5, 0.6) is 0 Å². The van der Waals surface area contributed by atoms with Crippen LogP contribution in [-0.4, -0.2) is 6.54 Å². The fourth-order valence-corrected chi connectivity index (χ4v) is 4.46. The molecule has 0 radical (unpaired) electrons. The van der Waals surface area contributed by atoms with Crippen molar-refractivity contribution < 1.29 is 0 Å². The molecule has 1 nitrogen and oxygen atoms in total. The van der Waals surface area contributed by atoms with E-state index in [0.29, 0.717) is 6.04 Å². The largest absolute Gasteiger partial charge is 0.310 e. The predicted molar refractivity (Wildman–Crippen MR) is 75.6 cm³/mol. The Labute approximate surface area is 112 Å². The van der Waals surface area contributed by atoms with E-state index in [9.17, 15) is 0 Å². The van der Waals surface area contributed by atoms with Crippen LogP contribution >= 0.6 is 43.2 Å². The Morgan fingerprint density at radius 2 is 2.33 bits per heavy atom. The van der Waals surface area contributed by atoms with Crippen molar-refractivity contribution in [3.8, 4) is 0 Å². The van der Waals surface area contributed by atoms with Crippen LogP contribution in [0.25, 0.3) is 0 Å². The monoisotopic (exact) mass is 351 g/mol. The SMILES string of the molecule is C=CCCC(NCC)c1cc(Br)sc1Br. The van der Waals surface area contributed by atoms with Gasteiger partial charge in [-0.15, -0.1) is 17.9 Å². The third-order valence-corrected chi connectivity index (χ3v) is 4.55. The van der Waals surface area contributed by atoms with Crippen molar-refractivity contribution in [1.29, 1.82) is 0 Å². The Balaban J connectivity index is 2.77. The van der Waals surface area contributed by atoms with E-state index in [1.54, 1.807) is 11.3 Å². The molecule has 1 atom stereocenters. The molecule has 84 valence electrons. The van der Waals surface area contributed by atoms with E-state index in [1.807, 2.05) is 6.08 Å². The van der Waals surface area contributed by atoms with Crippen LogP contribution in [0.2, 0.25) is 0 Å². The van der Waals surface area contributed by atoms with Gasteiger partial charge in [-0.1, -0.05) is 13.0 Å². The lowest BCUT2D eigenvalue weighted by Gasteiger charge is -2.16. The molecule has 1 N–H and O–H groups in total. The minimum atomic E-state index is 0.421. The third kappa shape index (κ3) is 4.02. The van der Waals surface area contributed by atoms with Gasteiger partial charge in [0, 0.05) is 6.04 Å². The summed E-state index contributed by atoms with van der Waals surface area (Å²) in [5.41, 5.74) is 1.34. The first-order valence-electron chi connectivity index (χ1n) is 4.98. The molecule has 0 saturated heterocycles. The molecule has 4 heteroatoms. The van der Waals surface area contributed by atoms with Crippen LogP contribution in [0.1, 0.15) is 31.4 Å². The summed E-state index contributed by atoms with van der Waals surface area (Å²) in [6, 6.07) is 2.61. The fourth-order valence-electron chi connectivity index (χ4n) is 1.49. The molecule has 0 saturated carbocycles. The molecule has 1 aromatic heterocycles. The first kappa shape index (κ1) is 13.4. The Hall–Kier alpha value is 0.360. The lowest BCUT2D eigenvalue weighted by atomic mass is 10.1. The summed E-state index contributed by atoms with van der Waals surface area (Å²) in [6.07, 6.45) is 4.11. The van der Waals surface area contributed by atoms with Crippen LogP contribution in [0.4, 0.5) is 0 Å². The summed E-state index contributed by atoms with van der Waals surface area (Å²) in [5, 5.41) is 3.50. The number of halogens is 2. The van der Waals surface area contributed by atoms with E-state index in [2.05, 4.69) is 56.7 Å². The highest BCUT2D eigenvalue weighted by Gasteiger charge is 2.15. The van der Waals surface area contributed by atoms with Gasteiger partial charge in [-0.2, -0.15) is 0 Å². The van der Waals surface area contributed by atoms with Gasteiger partial charge in [0.1, 0.15) is 0 Å². The second-order valence-corrected chi connectivity index (χ2v) is 7.01. The van der Waals surface area contributed by atoms with Crippen molar-refractivity contribution in [1.82, 2.24) is 5.32 Å². The van der Waals surface area contributed by atoms with E-state index >= 15 is 0 Å². The van der Waals surface area contributed by atoms with Gasteiger partial charge in [-0.3, -0.25) is 0 Å². The molecule has 0 aliphatic carbocycles. The molecule has 0 aromatic carbocycles. The van der Waals surface area contributed by atoms with E-state index in [1.165, 1.54) is 13.1 Å². The molecule has 1 aromatic rings. The Bertz CT molecular complexity index is 322. The van der Waals surface area contributed by atoms with Crippen molar-refractivity contribution in [3.63, 3.8) is 0 Å². The molecule has 1 rings (SSSR count). The summed E-state index contributed by atoms with van der Waals surface area (Å²) in [5.74, 6) is 0. The maximum Gasteiger partial charge on any atom is 0.0758 e. The van der Waals surface area contributed by atoms with Gasteiger partial charge in [0.25, 0.3) is 0 Å². The van der Waals surface area contributed by atoms with Crippen molar-refractivity contribution in [2.75, 3.05) is 6.54 Å². The lowest BCUT2D eigenvalue weighted by Crippen LogP contribution is -2.20. The summed E-state index contributed by atoms with van der Waals surface area (Å²) in [6.45, 7) is 6.89. The highest BCUT2D eigenvalue weighted by molar-refractivity contribution is 9.12. The predicted octanol–water partition coefficient (Wildman–Crippen LogP) is 4.89. The number of nitrogens with one attached hydrogen (secondary N) is 1. The maximum absolute atomic E-state index is 3.77. The summed E-state index contributed by atoms with van der Waals surface area (Å²) in [4.78, 5) is 0. The molecule has 1 heterocycles. The summed E-state index contributed by atoms with van der Waals surface area (Å²) >= 11 is 8.84. The first-order valence-corrected chi connectivity index (χ1v) is 7.38. The normalized spacial score (nSPS) is 12.7. The van der Waals surface area contributed by atoms with Gasteiger partial charge in [-0.05, 0) is 62.9 Å². The van der Waals surface area contributed by atoms with Crippen LogP contribution in [0.3, 0.4) is 0 Å². The van der Waals surface area contributed by atoms with E-state index in [-0.39, 0.29) is 0 Å². The smallest absolute Gasteiger partial charge is 0.0758 e.